The number of rotatable bonds is 4. The lowest BCUT2D eigenvalue weighted by Gasteiger charge is -2.32. The monoisotopic (exact) mass is 309 g/mol. The van der Waals surface area contributed by atoms with Crippen molar-refractivity contribution in [2.24, 2.45) is 5.92 Å². The largest absolute Gasteiger partial charge is 0.334 e. The summed E-state index contributed by atoms with van der Waals surface area (Å²) in [7, 11) is 0. The van der Waals surface area contributed by atoms with E-state index < -0.39 is 0 Å². The number of piperidine rings is 1. The van der Waals surface area contributed by atoms with E-state index in [-0.39, 0.29) is 6.03 Å². The van der Waals surface area contributed by atoms with Gasteiger partial charge in [-0.25, -0.2) is 4.79 Å². The minimum Gasteiger partial charge on any atom is -0.334 e. The van der Waals surface area contributed by atoms with Crippen LogP contribution in [0.5, 0.6) is 0 Å². The van der Waals surface area contributed by atoms with Gasteiger partial charge in [-0.15, -0.1) is 0 Å². The summed E-state index contributed by atoms with van der Waals surface area (Å²) in [5, 5.41) is 2.98. The van der Waals surface area contributed by atoms with Gasteiger partial charge in [0.25, 0.3) is 0 Å². The van der Waals surface area contributed by atoms with Crippen molar-refractivity contribution in [3.05, 3.63) is 66.0 Å². The summed E-state index contributed by atoms with van der Waals surface area (Å²) in [6.07, 6.45) is 6.80. The molecule has 2 amide bonds. The second-order valence-electron chi connectivity index (χ2n) is 6.14. The summed E-state index contributed by atoms with van der Waals surface area (Å²) in [6, 6.07) is 14.5. The van der Waals surface area contributed by atoms with Gasteiger partial charge in [-0.2, -0.15) is 0 Å². The van der Waals surface area contributed by atoms with Crippen LogP contribution in [0.3, 0.4) is 0 Å². The van der Waals surface area contributed by atoms with E-state index in [1.165, 1.54) is 5.56 Å². The average molecular weight is 309 g/mol. The van der Waals surface area contributed by atoms with Gasteiger partial charge in [0, 0.05) is 32.0 Å². The molecule has 0 atom stereocenters. The first kappa shape index (κ1) is 15.5. The maximum atomic E-state index is 12.2. The predicted octanol–water partition coefficient (Wildman–Crippen LogP) is 3.25. The van der Waals surface area contributed by atoms with Crippen LogP contribution in [0.25, 0.3) is 0 Å². The van der Waals surface area contributed by atoms with Gasteiger partial charge < -0.3 is 10.2 Å². The normalized spacial score (nSPS) is 15.4. The molecule has 0 bridgehead atoms. The van der Waals surface area contributed by atoms with E-state index in [0.29, 0.717) is 12.5 Å². The van der Waals surface area contributed by atoms with Gasteiger partial charge in [0.1, 0.15) is 0 Å². The van der Waals surface area contributed by atoms with Gasteiger partial charge in [0.2, 0.25) is 0 Å². The molecule has 4 heteroatoms. The Balaban J connectivity index is 1.42. The third kappa shape index (κ3) is 4.55. The topological polar surface area (TPSA) is 45.2 Å². The van der Waals surface area contributed by atoms with E-state index in [0.717, 1.165) is 37.9 Å². The third-order valence-corrected chi connectivity index (χ3v) is 4.44. The SMILES string of the molecule is O=C(NCc1cccnc1)N1CCC(Cc2ccccc2)CC1. The van der Waals surface area contributed by atoms with Crippen LogP contribution < -0.4 is 5.32 Å². The molecule has 1 saturated heterocycles. The molecule has 23 heavy (non-hydrogen) atoms. The minimum atomic E-state index is 0.0343. The highest BCUT2D eigenvalue weighted by Crippen LogP contribution is 2.21. The predicted molar refractivity (Wildman–Crippen MR) is 90.9 cm³/mol. The smallest absolute Gasteiger partial charge is 0.317 e. The van der Waals surface area contributed by atoms with Crippen LogP contribution >= 0.6 is 0 Å². The molecule has 1 fully saturated rings. The fourth-order valence-electron chi connectivity index (χ4n) is 3.08. The van der Waals surface area contributed by atoms with Crippen LogP contribution in [-0.2, 0) is 13.0 Å². The fourth-order valence-corrected chi connectivity index (χ4v) is 3.08. The first-order chi connectivity index (χ1) is 11.3. The number of hydrogen-bond donors (Lipinski definition) is 1. The number of benzene rings is 1. The molecule has 1 aliphatic rings. The number of amides is 2. The van der Waals surface area contributed by atoms with Crippen LogP contribution in [0.2, 0.25) is 0 Å². The van der Waals surface area contributed by atoms with Crippen molar-refractivity contribution in [1.82, 2.24) is 15.2 Å². The second kappa shape index (κ2) is 7.77. The molecule has 0 spiro atoms. The van der Waals surface area contributed by atoms with Gasteiger partial charge >= 0.3 is 6.03 Å². The Labute approximate surface area is 137 Å². The number of carbonyl (C=O) groups excluding carboxylic acids is 1. The highest BCUT2D eigenvalue weighted by atomic mass is 16.2. The van der Waals surface area contributed by atoms with Crippen molar-refractivity contribution >= 4 is 6.03 Å². The minimum absolute atomic E-state index is 0.0343. The van der Waals surface area contributed by atoms with Crippen molar-refractivity contribution < 1.29 is 4.79 Å². The summed E-state index contributed by atoms with van der Waals surface area (Å²) in [4.78, 5) is 18.2. The molecule has 2 aromatic rings. The molecule has 120 valence electrons. The van der Waals surface area contributed by atoms with Crippen molar-refractivity contribution in [3.8, 4) is 0 Å². The summed E-state index contributed by atoms with van der Waals surface area (Å²) in [5.74, 6) is 0.680. The van der Waals surface area contributed by atoms with Crippen LogP contribution in [0.4, 0.5) is 4.79 Å². The van der Waals surface area contributed by atoms with Gasteiger partial charge in [0.05, 0.1) is 0 Å². The van der Waals surface area contributed by atoms with E-state index in [4.69, 9.17) is 0 Å². The molecule has 0 saturated carbocycles. The van der Waals surface area contributed by atoms with E-state index in [1.807, 2.05) is 17.0 Å². The lowest BCUT2D eigenvalue weighted by molar-refractivity contribution is 0.170. The number of pyridine rings is 1. The van der Waals surface area contributed by atoms with Gasteiger partial charge in [0.15, 0.2) is 0 Å². The zero-order chi connectivity index (χ0) is 15.9. The van der Waals surface area contributed by atoms with E-state index >= 15 is 0 Å². The maximum absolute atomic E-state index is 12.2. The molecule has 1 N–H and O–H groups in total. The molecular weight excluding hydrogens is 286 g/mol. The van der Waals surface area contributed by atoms with Gasteiger partial charge in [-0.05, 0) is 42.4 Å². The van der Waals surface area contributed by atoms with Crippen LogP contribution in [-0.4, -0.2) is 29.0 Å². The number of hydrogen-bond acceptors (Lipinski definition) is 2. The Morgan fingerprint density at radius 2 is 1.83 bits per heavy atom. The van der Waals surface area contributed by atoms with Crippen LogP contribution in [0.1, 0.15) is 24.0 Å². The van der Waals surface area contributed by atoms with Gasteiger partial charge in [-0.1, -0.05) is 36.4 Å². The molecule has 0 unspecified atom stereocenters. The Kier molecular flexibility index (Phi) is 5.25. The Morgan fingerprint density at radius 1 is 1.09 bits per heavy atom. The summed E-state index contributed by atoms with van der Waals surface area (Å²) >= 11 is 0. The van der Waals surface area contributed by atoms with Crippen molar-refractivity contribution in [2.75, 3.05) is 13.1 Å². The zero-order valence-electron chi connectivity index (χ0n) is 13.3. The number of urea groups is 1. The summed E-state index contributed by atoms with van der Waals surface area (Å²) in [6.45, 7) is 2.23. The molecule has 0 radical (unpaired) electrons. The van der Waals surface area contributed by atoms with Crippen molar-refractivity contribution in [2.45, 2.75) is 25.8 Å². The molecule has 0 aliphatic carbocycles. The number of aromatic nitrogens is 1. The van der Waals surface area contributed by atoms with Crippen molar-refractivity contribution in [3.63, 3.8) is 0 Å². The Morgan fingerprint density at radius 3 is 2.52 bits per heavy atom. The highest BCUT2D eigenvalue weighted by Gasteiger charge is 2.22. The van der Waals surface area contributed by atoms with E-state index in [1.54, 1.807) is 12.4 Å². The summed E-state index contributed by atoms with van der Waals surface area (Å²) < 4.78 is 0. The first-order valence-electron chi connectivity index (χ1n) is 8.27. The molecule has 3 rings (SSSR count). The van der Waals surface area contributed by atoms with Gasteiger partial charge in [-0.3, -0.25) is 4.98 Å². The quantitative estimate of drug-likeness (QED) is 0.942. The standard InChI is InChI=1S/C19H23N3O/c23-19(21-15-18-7-4-10-20-14-18)22-11-8-17(9-12-22)13-16-5-2-1-3-6-16/h1-7,10,14,17H,8-9,11-13,15H2,(H,21,23). The molecule has 1 aromatic carbocycles. The molecule has 4 nitrogen and oxygen atoms in total. The molecule has 1 aromatic heterocycles. The third-order valence-electron chi connectivity index (χ3n) is 4.44. The number of carbonyl (C=O) groups is 1. The Hall–Kier alpha value is -2.36. The van der Waals surface area contributed by atoms with Crippen LogP contribution in [0.15, 0.2) is 54.9 Å². The summed E-state index contributed by atoms with van der Waals surface area (Å²) in [5.41, 5.74) is 2.42. The number of likely N-dealkylation sites (tertiary alicyclic amines) is 1. The highest BCUT2D eigenvalue weighted by molar-refractivity contribution is 5.74. The first-order valence-corrected chi connectivity index (χ1v) is 8.27. The molecule has 2 heterocycles. The zero-order valence-corrected chi connectivity index (χ0v) is 13.3. The van der Waals surface area contributed by atoms with E-state index in [2.05, 4.69) is 40.6 Å². The number of nitrogens with zero attached hydrogens (tertiary/aromatic N) is 2. The lowest BCUT2D eigenvalue weighted by Crippen LogP contribution is -2.44. The van der Waals surface area contributed by atoms with E-state index in [9.17, 15) is 4.79 Å². The van der Waals surface area contributed by atoms with Crippen molar-refractivity contribution in [1.29, 1.82) is 0 Å². The molecular formula is C19H23N3O. The Bertz CT molecular complexity index is 607. The average Bonchev–Trinajstić information content (AvgIpc) is 2.62. The fraction of sp³-hybridized carbons (Fsp3) is 0.368. The second-order valence-corrected chi connectivity index (χ2v) is 6.14. The van der Waals surface area contributed by atoms with Crippen LogP contribution in [0, 0.1) is 5.92 Å². The molecule has 1 aliphatic heterocycles. The lowest BCUT2D eigenvalue weighted by atomic mass is 9.90. The number of nitrogens with one attached hydrogen (secondary N) is 1. The maximum Gasteiger partial charge on any atom is 0.317 e.